The molecule has 3 heteroatoms. The van der Waals surface area contributed by atoms with Crippen LogP contribution in [0.2, 0.25) is 0 Å². The summed E-state index contributed by atoms with van der Waals surface area (Å²) in [5.74, 6) is 0.744. The molecule has 0 amide bonds. The molecular formula is C11H13FO2. The first-order chi connectivity index (χ1) is 6.74. The van der Waals surface area contributed by atoms with Crippen LogP contribution in [-0.4, -0.2) is 18.4 Å². The zero-order valence-electron chi connectivity index (χ0n) is 8.03. The Balaban J connectivity index is 2.47. The van der Waals surface area contributed by atoms with Gasteiger partial charge in [-0.1, -0.05) is 12.1 Å². The van der Waals surface area contributed by atoms with Crippen molar-refractivity contribution in [1.29, 1.82) is 0 Å². The maximum atomic E-state index is 13.2. The van der Waals surface area contributed by atoms with Crippen LogP contribution in [0.1, 0.15) is 23.7 Å². The van der Waals surface area contributed by atoms with E-state index in [1.165, 1.54) is 0 Å². The molecule has 1 N–H and O–H groups in total. The molecule has 1 aliphatic carbocycles. The first-order valence-electron chi connectivity index (χ1n) is 4.72. The number of hydrogen-bond donors (Lipinski definition) is 1. The van der Waals surface area contributed by atoms with E-state index in [0.717, 1.165) is 11.3 Å². The van der Waals surface area contributed by atoms with E-state index in [4.69, 9.17) is 4.74 Å². The van der Waals surface area contributed by atoms with Gasteiger partial charge in [0.15, 0.2) is 0 Å². The molecule has 0 saturated carbocycles. The van der Waals surface area contributed by atoms with Gasteiger partial charge in [0.1, 0.15) is 18.0 Å². The predicted octanol–water partition coefficient (Wildman–Crippen LogP) is 2.01. The first-order valence-corrected chi connectivity index (χ1v) is 4.72. The number of ether oxygens (including phenoxy) is 1. The van der Waals surface area contributed by atoms with Gasteiger partial charge >= 0.3 is 0 Å². The predicted molar refractivity (Wildman–Crippen MR) is 51.2 cm³/mol. The molecule has 0 bridgehead atoms. The van der Waals surface area contributed by atoms with Crippen LogP contribution in [0.5, 0.6) is 5.75 Å². The van der Waals surface area contributed by atoms with Crippen molar-refractivity contribution in [2.45, 2.75) is 25.1 Å². The van der Waals surface area contributed by atoms with Crippen molar-refractivity contribution in [3.8, 4) is 5.75 Å². The van der Waals surface area contributed by atoms with Crippen molar-refractivity contribution in [3.05, 3.63) is 29.3 Å². The Labute approximate surface area is 82.3 Å². The van der Waals surface area contributed by atoms with Crippen molar-refractivity contribution in [3.63, 3.8) is 0 Å². The lowest BCUT2D eigenvalue weighted by molar-refractivity contribution is 0.0637. The number of aliphatic hydroxyl groups excluding tert-OH is 1. The summed E-state index contributed by atoms with van der Waals surface area (Å²) < 4.78 is 18.4. The minimum atomic E-state index is -1.14. The highest BCUT2D eigenvalue weighted by molar-refractivity contribution is 5.43. The van der Waals surface area contributed by atoms with Crippen LogP contribution >= 0.6 is 0 Å². The second kappa shape index (κ2) is 3.58. The zero-order valence-corrected chi connectivity index (χ0v) is 8.03. The Kier molecular flexibility index (Phi) is 2.42. The van der Waals surface area contributed by atoms with E-state index in [0.29, 0.717) is 18.4 Å². The summed E-state index contributed by atoms with van der Waals surface area (Å²) in [6.07, 6.45) is -1.13. The SMILES string of the molecule is COc1cccc2c1CC[C@H](F)[C@@H]2O. The minimum Gasteiger partial charge on any atom is -0.496 e. The van der Waals surface area contributed by atoms with Crippen molar-refractivity contribution in [1.82, 2.24) is 0 Å². The lowest BCUT2D eigenvalue weighted by Gasteiger charge is -2.26. The molecule has 1 aromatic rings. The van der Waals surface area contributed by atoms with E-state index in [1.54, 1.807) is 19.2 Å². The molecule has 0 fully saturated rings. The quantitative estimate of drug-likeness (QED) is 0.744. The van der Waals surface area contributed by atoms with Gasteiger partial charge in [-0.15, -0.1) is 0 Å². The molecule has 0 aromatic heterocycles. The van der Waals surface area contributed by atoms with Crippen LogP contribution in [0.3, 0.4) is 0 Å². The molecule has 0 saturated heterocycles. The average molecular weight is 196 g/mol. The van der Waals surface area contributed by atoms with E-state index in [9.17, 15) is 9.50 Å². The third-order valence-electron chi connectivity index (χ3n) is 2.72. The van der Waals surface area contributed by atoms with Crippen LogP contribution in [-0.2, 0) is 6.42 Å². The second-order valence-corrected chi connectivity index (χ2v) is 3.53. The summed E-state index contributed by atoms with van der Waals surface area (Å²) in [6, 6.07) is 5.37. The van der Waals surface area contributed by atoms with Crippen LogP contribution in [0.15, 0.2) is 18.2 Å². The molecule has 0 aliphatic heterocycles. The smallest absolute Gasteiger partial charge is 0.130 e. The van der Waals surface area contributed by atoms with Crippen molar-refractivity contribution < 1.29 is 14.2 Å². The molecule has 2 rings (SSSR count). The zero-order chi connectivity index (χ0) is 10.1. The molecule has 14 heavy (non-hydrogen) atoms. The average Bonchev–Trinajstić information content (AvgIpc) is 2.23. The van der Waals surface area contributed by atoms with E-state index < -0.39 is 12.3 Å². The van der Waals surface area contributed by atoms with E-state index in [-0.39, 0.29) is 0 Å². The van der Waals surface area contributed by atoms with Gasteiger partial charge in [0.25, 0.3) is 0 Å². The maximum absolute atomic E-state index is 13.2. The highest BCUT2D eigenvalue weighted by Gasteiger charge is 2.29. The Hall–Kier alpha value is -1.09. The van der Waals surface area contributed by atoms with Gasteiger partial charge < -0.3 is 9.84 Å². The number of aliphatic hydroxyl groups is 1. The molecule has 0 unspecified atom stereocenters. The number of alkyl halides is 1. The molecule has 1 aromatic carbocycles. The summed E-state index contributed by atoms with van der Waals surface area (Å²) in [5.41, 5.74) is 1.61. The fourth-order valence-electron chi connectivity index (χ4n) is 1.95. The largest absolute Gasteiger partial charge is 0.496 e. The number of methoxy groups -OCH3 is 1. The fraction of sp³-hybridized carbons (Fsp3) is 0.455. The number of hydrogen-bond acceptors (Lipinski definition) is 2. The Morgan fingerprint density at radius 2 is 2.29 bits per heavy atom. The molecule has 0 radical (unpaired) electrons. The van der Waals surface area contributed by atoms with Gasteiger partial charge in [-0.25, -0.2) is 4.39 Å². The van der Waals surface area contributed by atoms with E-state index in [2.05, 4.69) is 0 Å². The molecule has 0 heterocycles. The highest BCUT2D eigenvalue weighted by Crippen LogP contribution is 2.36. The van der Waals surface area contributed by atoms with Crippen LogP contribution in [0, 0.1) is 0 Å². The van der Waals surface area contributed by atoms with Gasteiger partial charge in [-0.2, -0.15) is 0 Å². The molecule has 2 nitrogen and oxygen atoms in total. The van der Waals surface area contributed by atoms with Crippen LogP contribution in [0.4, 0.5) is 4.39 Å². The lowest BCUT2D eigenvalue weighted by atomic mass is 9.87. The van der Waals surface area contributed by atoms with Crippen LogP contribution < -0.4 is 4.74 Å². The molecule has 2 atom stereocenters. The third-order valence-corrected chi connectivity index (χ3v) is 2.72. The highest BCUT2D eigenvalue weighted by atomic mass is 19.1. The van der Waals surface area contributed by atoms with E-state index >= 15 is 0 Å². The number of rotatable bonds is 1. The number of halogens is 1. The Morgan fingerprint density at radius 3 is 3.00 bits per heavy atom. The number of benzene rings is 1. The maximum Gasteiger partial charge on any atom is 0.130 e. The third kappa shape index (κ3) is 1.38. The van der Waals surface area contributed by atoms with E-state index in [1.807, 2.05) is 6.07 Å². The Bertz CT molecular complexity index is 338. The lowest BCUT2D eigenvalue weighted by Crippen LogP contribution is -2.21. The van der Waals surface area contributed by atoms with Gasteiger partial charge in [0, 0.05) is 5.56 Å². The van der Waals surface area contributed by atoms with Crippen molar-refractivity contribution >= 4 is 0 Å². The summed E-state index contributed by atoms with van der Waals surface area (Å²) in [4.78, 5) is 0. The van der Waals surface area contributed by atoms with Gasteiger partial charge in [0.05, 0.1) is 7.11 Å². The summed E-state index contributed by atoms with van der Waals surface area (Å²) >= 11 is 0. The normalized spacial score (nSPS) is 25.6. The van der Waals surface area contributed by atoms with Crippen molar-refractivity contribution in [2.24, 2.45) is 0 Å². The fourth-order valence-corrected chi connectivity index (χ4v) is 1.95. The summed E-state index contributed by atoms with van der Waals surface area (Å²) in [5, 5.41) is 9.62. The standard InChI is InChI=1S/C11H13FO2/c1-14-10-4-2-3-8-7(10)5-6-9(12)11(8)13/h2-4,9,11,13H,5-6H2,1H3/t9-,11+/m0/s1. The second-order valence-electron chi connectivity index (χ2n) is 3.53. The molecular weight excluding hydrogens is 183 g/mol. The summed E-state index contributed by atoms with van der Waals surface area (Å²) in [7, 11) is 1.59. The minimum absolute atomic E-state index is 0.370. The molecule has 76 valence electrons. The molecule has 0 spiro atoms. The van der Waals surface area contributed by atoms with Gasteiger partial charge in [0.2, 0.25) is 0 Å². The monoisotopic (exact) mass is 196 g/mol. The van der Waals surface area contributed by atoms with Gasteiger partial charge in [-0.3, -0.25) is 0 Å². The number of fused-ring (bicyclic) bond motifs is 1. The summed E-state index contributed by atoms with van der Waals surface area (Å²) in [6.45, 7) is 0. The first kappa shape index (κ1) is 9.46. The molecule has 1 aliphatic rings. The topological polar surface area (TPSA) is 29.5 Å². The Morgan fingerprint density at radius 1 is 1.50 bits per heavy atom. The van der Waals surface area contributed by atoms with Crippen molar-refractivity contribution in [2.75, 3.05) is 7.11 Å². The van der Waals surface area contributed by atoms with Gasteiger partial charge in [-0.05, 0) is 24.5 Å². The van der Waals surface area contributed by atoms with Crippen LogP contribution in [0.25, 0.3) is 0 Å².